The van der Waals surface area contributed by atoms with Crippen LogP contribution in [0.2, 0.25) is 0 Å². The molecule has 1 N–H and O–H groups in total. The van der Waals surface area contributed by atoms with Crippen molar-refractivity contribution in [3.8, 4) is 0 Å². The maximum atomic E-state index is 11.6. The molecule has 1 aromatic heterocycles. The van der Waals surface area contributed by atoms with Crippen molar-refractivity contribution in [2.75, 3.05) is 0 Å². The van der Waals surface area contributed by atoms with E-state index in [1.807, 2.05) is 0 Å². The fourth-order valence-electron chi connectivity index (χ4n) is 0.858. The van der Waals surface area contributed by atoms with Crippen molar-refractivity contribution in [2.24, 2.45) is 0 Å². The summed E-state index contributed by atoms with van der Waals surface area (Å²) in [4.78, 5) is 21.9. The Hall–Kier alpha value is -0.200. The zero-order chi connectivity index (χ0) is 10.7. The van der Waals surface area contributed by atoms with Crippen LogP contribution in [0.25, 0.3) is 0 Å². The number of carboxylic acid groups (broad SMARTS) is 1. The van der Waals surface area contributed by atoms with E-state index in [-0.39, 0.29) is 12.2 Å². The van der Waals surface area contributed by atoms with Gasteiger partial charge in [0.05, 0.1) is 16.1 Å². The molecule has 0 aliphatic carbocycles. The number of Topliss-reactive ketones (excluding diaryl/α,β-unsaturated/α-hetero) is 1. The SMILES string of the molecule is O=C(O)CC(Br)C(=O)c1sccc1Br. The van der Waals surface area contributed by atoms with E-state index in [0.717, 1.165) is 0 Å². The number of carbonyl (C=O) groups is 2. The predicted octanol–water partition coefficient (Wildman–Crippen LogP) is 2.93. The fourth-order valence-corrected chi connectivity index (χ4v) is 3.08. The van der Waals surface area contributed by atoms with Crippen molar-refractivity contribution < 1.29 is 14.7 Å². The molecule has 0 aliphatic heterocycles. The first-order valence-electron chi connectivity index (χ1n) is 3.65. The molecule has 0 fully saturated rings. The van der Waals surface area contributed by atoms with E-state index in [9.17, 15) is 9.59 Å². The van der Waals surface area contributed by atoms with Crippen molar-refractivity contribution in [3.63, 3.8) is 0 Å². The first-order chi connectivity index (χ1) is 6.52. The summed E-state index contributed by atoms with van der Waals surface area (Å²) in [6, 6.07) is 1.76. The van der Waals surface area contributed by atoms with Crippen LogP contribution in [0.1, 0.15) is 16.1 Å². The molecule has 1 unspecified atom stereocenters. The third-order valence-corrected chi connectivity index (χ3v) is 4.07. The van der Waals surface area contributed by atoms with Gasteiger partial charge in [0.15, 0.2) is 5.78 Å². The van der Waals surface area contributed by atoms with Crippen molar-refractivity contribution in [2.45, 2.75) is 11.2 Å². The zero-order valence-electron chi connectivity index (χ0n) is 6.87. The number of thiophene rings is 1. The number of hydrogen-bond donors (Lipinski definition) is 1. The monoisotopic (exact) mass is 340 g/mol. The van der Waals surface area contributed by atoms with Crippen molar-refractivity contribution >= 4 is 54.9 Å². The minimum absolute atomic E-state index is 0.200. The molecule has 0 spiro atoms. The van der Waals surface area contributed by atoms with Crippen LogP contribution in [0.4, 0.5) is 0 Å². The maximum Gasteiger partial charge on any atom is 0.304 e. The lowest BCUT2D eigenvalue weighted by molar-refractivity contribution is -0.136. The fraction of sp³-hybridized carbons (Fsp3) is 0.250. The van der Waals surface area contributed by atoms with E-state index in [1.54, 1.807) is 11.4 Å². The van der Waals surface area contributed by atoms with Crippen LogP contribution in [-0.2, 0) is 4.79 Å². The normalized spacial score (nSPS) is 12.4. The number of carbonyl (C=O) groups excluding carboxylic acids is 1. The summed E-state index contributed by atoms with van der Waals surface area (Å²) in [6.45, 7) is 0. The quantitative estimate of drug-likeness (QED) is 0.676. The van der Waals surface area contributed by atoms with Gasteiger partial charge in [0.2, 0.25) is 0 Å². The number of aliphatic carboxylic acids is 1. The second kappa shape index (κ2) is 5.04. The Morgan fingerprint density at radius 2 is 2.21 bits per heavy atom. The van der Waals surface area contributed by atoms with E-state index in [4.69, 9.17) is 5.11 Å². The number of carboxylic acids is 1. The minimum atomic E-state index is -0.993. The van der Waals surface area contributed by atoms with Crippen molar-refractivity contribution in [3.05, 3.63) is 20.8 Å². The second-order valence-corrected chi connectivity index (χ2v) is 5.40. The highest BCUT2D eigenvalue weighted by Crippen LogP contribution is 2.26. The number of hydrogen-bond acceptors (Lipinski definition) is 3. The lowest BCUT2D eigenvalue weighted by Gasteiger charge is -2.03. The standard InChI is InChI=1S/C8H6Br2O3S/c9-4-1-2-14-8(4)7(13)5(10)3-6(11)12/h1-2,5H,3H2,(H,11,12). The van der Waals surface area contributed by atoms with E-state index < -0.39 is 10.8 Å². The Kier molecular flexibility index (Phi) is 4.28. The van der Waals surface area contributed by atoms with Gasteiger partial charge < -0.3 is 5.11 Å². The number of rotatable bonds is 4. The molecule has 0 radical (unpaired) electrons. The molecule has 1 rings (SSSR count). The van der Waals surface area contributed by atoms with Crippen LogP contribution in [0.15, 0.2) is 15.9 Å². The molecule has 0 aliphatic rings. The molecule has 1 atom stereocenters. The lowest BCUT2D eigenvalue weighted by atomic mass is 10.2. The molecular formula is C8H6Br2O3S. The minimum Gasteiger partial charge on any atom is -0.481 e. The van der Waals surface area contributed by atoms with Crippen molar-refractivity contribution in [1.82, 2.24) is 0 Å². The Bertz CT molecular complexity index is 361. The summed E-state index contributed by atoms with van der Waals surface area (Å²) >= 11 is 7.57. The van der Waals surface area contributed by atoms with Gasteiger partial charge in [-0.2, -0.15) is 0 Å². The Morgan fingerprint density at radius 3 is 2.64 bits per heavy atom. The first kappa shape index (κ1) is 11.9. The molecule has 0 amide bonds. The molecule has 0 aromatic carbocycles. The van der Waals surface area contributed by atoms with E-state index in [0.29, 0.717) is 9.35 Å². The van der Waals surface area contributed by atoms with Gasteiger partial charge in [-0.15, -0.1) is 11.3 Å². The first-order valence-corrected chi connectivity index (χ1v) is 6.24. The molecule has 0 saturated heterocycles. The van der Waals surface area contributed by atoms with Crippen LogP contribution >= 0.6 is 43.2 Å². The summed E-state index contributed by atoms with van der Waals surface area (Å²) in [6.07, 6.45) is -0.205. The second-order valence-electron chi connectivity index (χ2n) is 2.53. The Balaban J connectivity index is 2.76. The van der Waals surface area contributed by atoms with Gasteiger partial charge >= 0.3 is 5.97 Å². The van der Waals surface area contributed by atoms with E-state index >= 15 is 0 Å². The van der Waals surface area contributed by atoms with Crippen molar-refractivity contribution in [1.29, 1.82) is 0 Å². The average Bonchev–Trinajstić information content (AvgIpc) is 2.48. The molecule has 76 valence electrons. The van der Waals surface area contributed by atoms with Gasteiger partial charge in [-0.05, 0) is 27.4 Å². The van der Waals surface area contributed by atoms with Crippen LogP contribution in [0.5, 0.6) is 0 Å². The molecule has 0 bridgehead atoms. The highest BCUT2D eigenvalue weighted by atomic mass is 79.9. The van der Waals surface area contributed by atoms with Crippen LogP contribution in [0.3, 0.4) is 0 Å². The van der Waals surface area contributed by atoms with Gasteiger partial charge in [-0.3, -0.25) is 9.59 Å². The molecule has 14 heavy (non-hydrogen) atoms. The van der Waals surface area contributed by atoms with Gasteiger partial charge in [-0.25, -0.2) is 0 Å². The smallest absolute Gasteiger partial charge is 0.304 e. The molecule has 1 heterocycles. The lowest BCUT2D eigenvalue weighted by Crippen LogP contribution is -2.17. The summed E-state index contributed by atoms with van der Waals surface area (Å²) < 4.78 is 0.710. The average molecular weight is 342 g/mol. The highest BCUT2D eigenvalue weighted by molar-refractivity contribution is 9.10. The van der Waals surface area contributed by atoms with Gasteiger partial charge in [-0.1, -0.05) is 15.9 Å². The van der Waals surface area contributed by atoms with Crippen LogP contribution in [-0.4, -0.2) is 21.7 Å². The molecule has 0 saturated carbocycles. The topological polar surface area (TPSA) is 54.4 Å². The zero-order valence-corrected chi connectivity index (χ0v) is 10.9. The van der Waals surface area contributed by atoms with E-state index in [2.05, 4.69) is 31.9 Å². The maximum absolute atomic E-state index is 11.6. The largest absolute Gasteiger partial charge is 0.481 e. The third-order valence-electron chi connectivity index (χ3n) is 1.48. The van der Waals surface area contributed by atoms with E-state index in [1.165, 1.54) is 11.3 Å². The number of halogens is 2. The Morgan fingerprint density at radius 1 is 1.57 bits per heavy atom. The molecule has 1 aromatic rings. The van der Waals surface area contributed by atoms with Crippen LogP contribution in [0, 0.1) is 0 Å². The van der Waals surface area contributed by atoms with Gasteiger partial charge in [0, 0.05) is 4.47 Å². The summed E-state index contributed by atoms with van der Waals surface area (Å²) in [5.41, 5.74) is 0. The highest BCUT2D eigenvalue weighted by Gasteiger charge is 2.22. The molecule has 6 heteroatoms. The Labute approximate surface area is 101 Å². The third kappa shape index (κ3) is 2.90. The number of ketones is 1. The molecule has 3 nitrogen and oxygen atoms in total. The molecular weight excluding hydrogens is 336 g/mol. The summed E-state index contributed by atoms with van der Waals surface area (Å²) in [5, 5.41) is 10.3. The van der Waals surface area contributed by atoms with Crippen LogP contribution < -0.4 is 0 Å². The summed E-state index contributed by atoms with van der Waals surface area (Å²) in [7, 11) is 0. The summed E-state index contributed by atoms with van der Waals surface area (Å²) in [5.74, 6) is -1.19. The number of alkyl halides is 1. The van der Waals surface area contributed by atoms with Gasteiger partial charge in [0.1, 0.15) is 0 Å². The van der Waals surface area contributed by atoms with Gasteiger partial charge in [0.25, 0.3) is 0 Å². The predicted molar refractivity (Wildman–Crippen MR) is 61.3 cm³/mol.